The zero-order chi connectivity index (χ0) is 25.5. The molecule has 36 heavy (non-hydrogen) atoms. The monoisotopic (exact) mass is 560 g/mol. The SMILES string of the molecule is O=C(NSc1cc(Cl)c(OC(CCN2CC(F)C2)COc2ccc(F)cc2)c(Cl)c1)C1CCCCO1. The van der Waals surface area contributed by atoms with E-state index in [9.17, 15) is 13.6 Å². The number of alkyl halides is 1. The van der Waals surface area contributed by atoms with E-state index < -0.39 is 18.4 Å². The largest absolute Gasteiger partial charge is 0.490 e. The number of nitrogens with zero attached hydrogens (tertiary/aromatic N) is 1. The number of halogens is 4. The maximum atomic E-state index is 13.2. The summed E-state index contributed by atoms with van der Waals surface area (Å²) in [6.07, 6.45) is 1.50. The van der Waals surface area contributed by atoms with Crippen LogP contribution in [0.4, 0.5) is 8.78 Å². The highest BCUT2D eigenvalue weighted by atomic mass is 35.5. The maximum absolute atomic E-state index is 13.2. The van der Waals surface area contributed by atoms with Crippen molar-refractivity contribution < 1.29 is 27.8 Å². The second-order valence-electron chi connectivity index (χ2n) is 8.79. The average molecular weight is 561 g/mol. The predicted octanol–water partition coefficient (Wildman–Crippen LogP) is 5.70. The number of hydrogen-bond acceptors (Lipinski definition) is 6. The first-order valence-electron chi connectivity index (χ1n) is 11.9. The van der Waals surface area contributed by atoms with Crippen molar-refractivity contribution in [3.05, 3.63) is 52.3 Å². The van der Waals surface area contributed by atoms with Gasteiger partial charge in [0, 0.05) is 37.6 Å². The van der Waals surface area contributed by atoms with Crippen LogP contribution in [0.3, 0.4) is 0 Å². The summed E-state index contributed by atoms with van der Waals surface area (Å²) in [5.41, 5.74) is 0. The van der Waals surface area contributed by atoms with Crippen LogP contribution in [0, 0.1) is 5.82 Å². The number of nitrogens with one attached hydrogen (secondary N) is 1. The molecule has 196 valence electrons. The normalized spacial score (nSPS) is 19.4. The molecule has 2 saturated heterocycles. The lowest BCUT2D eigenvalue weighted by Gasteiger charge is -2.35. The van der Waals surface area contributed by atoms with Crippen molar-refractivity contribution in [1.82, 2.24) is 9.62 Å². The fraction of sp³-hybridized carbons (Fsp3) is 0.480. The van der Waals surface area contributed by atoms with Crippen LogP contribution in [-0.2, 0) is 9.53 Å². The third-order valence-electron chi connectivity index (χ3n) is 5.93. The van der Waals surface area contributed by atoms with Crippen LogP contribution in [0.15, 0.2) is 41.3 Å². The third kappa shape index (κ3) is 7.86. The van der Waals surface area contributed by atoms with Gasteiger partial charge in [0.15, 0.2) is 5.75 Å². The van der Waals surface area contributed by atoms with Crippen molar-refractivity contribution in [2.75, 3.05) is 32.8 Å². The van der Waals surface area contributed by atoms with E-state index in [1.54, 1.807) is 12.1 Å². The Bertz CT molecular complexity index is 999. The van der Waals surface area contributed by atoms with Crippen LogP contribution < -0.4 is 14.2 Å². The van der Waals surface area contributed by atoms with Gasteiger partial charge in [-0.05, 0) is 67.6 Å². The highest BCUT2D eigenvalue weighted by Crippen LogP contribution is 2.38. The molecule has 1 N–H and O–H groups in total. The lowest BCUT2D eigenvalue weighted by atomic mass is 10.1. The van der Waals surface area contributed by atoms with E-state index in [1.807, 2.05) is 4.90 Å². The van der Waals surface area contributed by atoms with E-state index in [1.165, 1.54) is 24.3 Å². The number of likely N-dealkylation sites (tertiary alicyclic amines) is 1. The molecule has 0 spiro atoms. The molecule has 0 bridgehead atoms. The van der Waals surface area contributed by atoms with Gasteiger partial charge in [-0.1, -0.05) is 23.2 Å². The van der Waals surface area contributed by atoms with E-state index in [-0.39, 0.29) is 28.4 Å². The first kappa shape index (κ1) is 27.3. The minimum absolute atomic E-state index is 0.166. The number of hydrogen-bond donors (Lipinski definition) is 1. The van der Waals surface area contributed by atoms with E-state index in [0.717, 1.165) is 24.8 Å². The second-order valence-corrected chi connectivity index (χ2v) is 10.5. The summed E-state index contributed by atoms with van der Waals surface area (Å²) in [5.74, 6) is 0.253. The fourth-order valence-corrected chi connectivity index (χ4v) is 5.32. The van der Waals surface area contributed by atoms with Gasteiger partial charge in [-0.2, -0.15) is 0 Å². The summed E-state index contributed by atoms with van der Waals surface area (Å²) in [4.78, 5) is 15.0. The molecule has 2 unspecified atom stereocenters. The highest BCUT2D eigenvalue weighted by molar-refractivity contribution is 7.98. The Morgan fingerprint density at radius 3 is 2.56 bits per heavy atom. The van der Waals surface area contributed by atoms with Crippen molar-refractivity contribution >= 4 is 41.1 Å². The lowest BCUT2D eigenvalue weighted by Crippen LogP contribution is -2.49. The fourth-order valence-electron chi connectivity index (χ4n) is 3.91. The Hall–Kier alpha value is -1.78. The van der Waals surface area contributed by atoms with Crippen LogP contribution in [0.2, 0.25) is 10.0 Å². The van der Waals surface area contributed by atoms with Gasteiger partial charge >= 0.3 is 0 Å². The molecule has 11 heteroatoms. The summed E-state index contributed by atoms with van der Waals surface area (Å²) < 4.78 is 46.6. The second kappa shape index (κ2) is 13.1. The molecule has 0 radical (unpaired) electrons. The average Bonchev–Trinajstić information content (AvgIpc) is 2.86. The molecule has 0 saturated carbocycles. The Morgan fingerprint density at radius 2 is 1.92 bits per heavy atom. The number of benzene rings is 2. The van der Waals surface area contributed by atoms with Crippen molar-refractivity contribution in [3.63, 3.8) is 0 Å². The van der Waals surface area contributed by atoms with E-state index in [0.29, 0.717) is 55.5 Å². The zero-order valence-corrected chi connectivity index (χ0v) is 21.9. The summed E-state index contributed by atoms with van der Waals surface area (Å²) in [6, 6.07) is 9.03. The molecule has 2 atom stereocenters. The topological polar surface area (TPSA) is 60.0 Å². The molecule has 4 rings (SSSR count). The van der Waals surface area contributed by atoms with Crippen molar-refractivity contribution in [2.45, 2.75) is 49.0 Å². The molecule has 2 heterocycles. The molecular weight excluding hydrogens is 533 g/mol. The molecule has 6 nitrogen and oxygen atoms in total. The van der Waals surface area contributed by atoms with Crippen LogP contribution in [0.25, 0.3) is 0 Å². The quantitative estimate of drug-likeness (QED) is 0.356. The predicted molar refractivity (Wildman–Crippen MR) is 136 cm³/mol. The van der Waals surface area contributed by atoms with Crippen LogP contribution in [-0.4, -0.2) is 62.0 Å². The number of amides is 1. The van der Waals surface area contributed by atoms with Crippen molar-refractivity contribution in [1.29, 1.82) is 0 Å². The molecule has 2 aliphatic rings. The van der Waals surface area contributed by atoms with Gasteiger partial charge < -0.3 is 14.2 Å². The number of ether oxygens (including phenoxy) is 3. The van der Waals surface area contributed by atoms with Crippen LogP contribution in [0.1, 0.15) is 25.7 Å². The van der Waals surface area contributed by atoms with Gasteiger partial charge in [-0.25, -0.2) is 8.78 Å². The highest BCUT2D eigenvalue weighted by Gasteiger charge is 2.27. The number of rotatable bonds is 11. The number of carbonyl (C=O) groups excluding carboxylic acids is 1. The van der Waals surface area contributed by atoms with Crippen LogP contribution >= 0.6 is 35.1 Å². The summed E-state index contributed by atoms with van der Waals surface area (Å²) in [6.45, 7) is 2.17. The summed E-state index contributed by atoms with van der Waals surface area (Å²) in [5, 5.41) is 0.570. The van der Waals surface area contributed by atoms with Crippen molar-refractivity contribution in [2.24, 2.45) is 0 Å². The Labute approximate surface area is 223 Å². The Kier molecular flexibility index (Phi) is 9.95. The van der Waals surface area contributed by atoms with E-state index in [2.05, 4.69) is 4.72 Å². The van der Waals surface area contributed by atoms with Gasteiger partial charge in [0.25, 0.3) is 5.91 Å². The molecule has 0 aliphatic carbocycles. The van der Waals surface area contributed by atoms with Crippen molar-refractivity contribution in [3.8, 4) is 11.5 Å². The molecule has 1 amide bonds. The third-order valence-corrected chi connectivity index (χ3v) is 7.26. The summed E-state index contributed by atoms with van der Waals surface area (Å²) in [7, 11) is 0. The van der Waals surface area contributed by atoms with Gasteiger partial charge in [-0.15, -0.1) is 0 Å². The summed E-state index contributed by atoms with van der Waals surface area (Å²) >= 11 is 14.1. The van der Waals surface area contributed by atoms with Gasteiger partial charge in [0.2, 0.25) is 0 Å². The minimum atomic E-state index is -0.793. The van der Waals surface area contributed by atoms with Gasteiger partial charge in [0.1, 0.15) is 36.6 Å². The van der Waals surface area contributed by atoms with E-state index >= 15 is 0 Å². The van der Waals surface area contributed by atoms with Gasteiger partial charge in [-0.3, -0.25) is 14.4 Å². The first-order chi connectivity index (χ1) is 17.4. The molecule has 0 aromatic heterocycles. The zero-order valence-electron chi connectivity index (χ0n) is 19.6. The number of carbonyl (C=O) groups is 1. The van der Waals surface area contributed by atoms with Crippen LogP contribution in [0.5, 0.6) is 11.5 Å². The maximum Gasteiger partial charge on any atom is 0.259 e. The molecule has 2 aromatic rings. The van der Waals surface area contributed by atoms with Gasteiger partial charge in [0.05, 0.1) is 10.0 Å². The smallest absolute Gasteiger partial charge is 0.259 e. The molecule has 2 aliphatic heterocycles. The Morgan fingerprint density at radius 1 is 1.19 bits per heavy atom. The molecule has 2 aromatic carbocycles. The molecular formula is C25H28Cl2F2N2O4S. The lowest BCUT2D eigenvalue weighted by molar-refractivity contribution is -0.133. The van der Waals surface area contributed by atoms with E-state index in [4.69, 9.17) is 37.4 Å². The Balaban J connectivity index is 1.37. The first-order valence-corrected chi connectivity index (χ1v) is 13.4. The molecule has 2 fully saturated rings. The minimum Gasteiger partial charge on any atom is -0.490 e. The standard InChI is InChI=1S/C25H28Cl2F2N2O4S/c26-21-11-20(36-30-25(32)23-3-1-2-10-33-23)12-22(27)24(21)35-19(8-9-31-13-17(29)14-31)15-34-18-6-4-16(28)5-7-18/h4-7,11-12,17,19,23H,1-3,8-10,13-15H2,(H,30,32).